The summed E-state index contributed by atoms with van der Waals surface area (Å²) in [5.74, 6) is 1.24. The van der Waals surface area contributed by atoms with Gasteiger partial charge >= 0.3 is 5.63 Å². The van der Waals surface area contributed by atoms with Crippen molar-refractivity contribution in [1.29, 1.82) is 0 Å². The third kappa shape index (κ3) is 2.76. The van der Waals surface area contributed by atoms with Crippen LogP contribution in [0.25, 0.3) is 11.0 Å². The average molecular weight is 262 g/mol. The monoisotopic (exact) mass is 262 g/mol. The van der Waals surface area contributed by atoms with E-state index in [4.69, 9.17) is 9.15 Å². The zero-order valence-electron chi connectivity index (χ0n) is 10.1. The lowest BCUT2D eigenvalue weighted by atomic mass is 10.1. The molecule has 0 aliphatic carbocycles. The first kappa shape index (κ1) is 12.8. The fourth-order valence-corrected chi connectivity index (χ4v) is 1.72. The van der Waals surface area contributed by atoms with Crippen molar-refractivity contribution in [3.8, 4) is 5.75 Å². The highest BCUT2D eigenvalue weighted by atomic mass is 32.1. The van der Waals surface area contributed by atoms with Crippen molar-refractivity contribution in [2.75, 3.05) is 12.4 Å². The lowest BCUT2D eigenvalue weighted by Gasteiger charge is -2.08. The third-order valence-corrected chi connectivity index (χ3v) is 3.04. The lowest BCUT2D eigenvalue weighted by Crippen LogP contribution is -2.02. The summed E-state index contributed by atoms with van der Waals surface area (Å²) >= 11 is 4.11. The molecule has 4 heteroatoms. The van der Waals surface area contributed by atoms with E-state index in [1.54, 1.807) is 6.07 Å². The molecule has 0 aliphatic heterocycles. The minimum Gasteiger partial charge on any atom is -0.489 e. The SMILES string of the molecule is C=C(CS)COc1ccc2c(C)cc(=O)oc2c1. The molecule has 0 saturated heterocycles. The van der Waals surface area contributed by atoms with E-state index in [1.165, 1.54) is 6.07 Å². The molecule has 18 heavy (non-hydrogen) atoms. The second kappa shape index (κ2) is 5.31. The molecule has 3 nitrogen and oxygen atoms in total. The Balaban J connectivity index is 2.32. The summed E-state index contributed by atoms with van der Waals surface area (Å²) in [4.78, 5) is 11.3. The Labute approximate surface area is 110 Å². The van der Waals surface area contributed by atoms with Crippen LogP contribution in [0.5, 0.6) is 5.75 Å². The lowest BCUT2D eigenvalue weighted by molar-refractivity contribution is 0.353. The summed E-state index contributed by atoms with van der Waals surface area (Å²) in [6, 6.07) is 6.93. The van der Waals surface area contributed by atoms with E-state index >= 15 is 0 Å². The van der Waals surface area contributed by atoms with Gasteiger partial charge in [0.05, 0.1) is 0 Å². The van der Waals surface area contributed by atoms with Crippen LogP contribution >= 0.6 is 12.6 Å². The Morgan fingerprint density at radius 3 is 2.94 bits per heavy atom. The molecule has 2 rings (SSSR count). The van der Waals surface area contributed by atoms with Crippen molar-refractivity contribution in [2.45, 2.75) is 6.92 Å². The Bertz CT molecular complexity index is 643. The summed E-state index contributed by atoms with van der Waals surface area (Å²) in [7, 11) is 0. The van der Waals surface area contributed by atoms with Gasteiger partial charge in [0.1, 0.15) is 17.9 Å². The van der Waals surface area contributed by atoms with Gasteiger partial charge in [0, 0.05) is 23.3 Å². The molecular formula is C14H14O3S. The number of rotatable bonds is 4. The molecule has 0 saturated carbocycles. The number of ether oxygens (including phenoxy) is 1. The first-order valence-electron chi connectivity index (χ1n) is 5.55. The number of aryl methyl sites for hydroxylation is 1. The Morgan fingerprint density at radius 1 is 1.44 bits per heavy atom. The fourth-order valence-electron chi connectivity index (χ4n) is 1.63. The Kier molecular flexibility index (Phi) is 3.77. The van der Waals surface area contributed by atoms with Crippen LogP contribution in [0.1, 0.15) is 5.56 Å². The minimum atomic E-state index is -0.350. The molecule has 0 aliphatic rings. The first-order chi connectivity index (χ1) is 8.60. The van der Waals surface area contributed by atoms with E-state index in [0.717, 1.165) is 16.5 Å². The molecule has 0 bridgehead atoms. The Morgan fingerprint density at radius 2 is 2.22 bits per heavy atom. The summed E-state index contributed by atoms with van der Waals surface area (Å²) in [5.41, 5.74) is 1.97. The second-order valence-corrected chi connectivity index (χ2v) is 4.42. The van der Waals surface area contributed by atoms with Crippen LogP contribution in [0, 0.1) is 6.92 Å². The van der Waals surface area contributed by atoms with Crippen molar-refractivity contribution in [3.05, 3.63) is 52.4 Å². The predicted octanol–water partition coefficient (Wildman–Crippen LogP) is 2.97. The maximum absolute atomic E-state index is 11.3. The van der Waals surface area contributed by atoms with Crippen molar-refractivity contribution >= 4 is 23.6 Å². The van der Waals surface area contributed by atoms with Crippen molar-refractivity contribution < 1.29 is 9.15 Å². The van der Waals surface area contributed by atoms with Crippen molar-refractivity contribution in [2.24, 2.45) is 0 Å². The molecule has 0 N–H and O–H groups in total. The van der Waals surface area contributed by atoms with Gasteiger partial charge in [-0.05, 0) is 30.2 Å². The number of fused-ring (bicyclic) bond motifs is 1. The van der Waals surface area contributed by atoms with Crippen molar-refractivity contribution in [1.82, 2.24) is 0 Å². The zero-order chi connectivity index (χ0) is 13.1. The van der Waals surface area contributed by atoms with Crippen LogP contribution in [-0.4, -0.2) is 12.4 Å². The van der Waals surface area contributed by atoms with E-state index in [2.05, 4.69) is 19.2 Å². The highest BCUT2D eigenvalue weighted by Gasteiger charge is 2.04. The molecule has 0 amide bonds. The third-order valence-electron chi connectivity index (χ3n) is 2.59. The second-order valence-electron chi connectivity index (χ2n) is 4.10. The van der Waals surface area contributed by atoms with Crippen LogP contribution in [0.4, 0.5) is 0 Å². The van der Waals surface area contributed by atoms with Gasteiger partial charge in [-0.1, -0.05) is 6.58 Å². The van der Waals surface area contributed by atoms with E-state index < -0.39 is 0 Å². The number of benzene rings is 1. The molecule has 0 atom stereocenters. The molecule has 1 heterocycles. The van der Waals surface area contributed by atoms with E-state index in [0.29, 0.717) is 23.7 Å². The van der Waals surface area contributed by atoms with E-state index in [-0.39, 0.29) is 5.63 Å². The van der Waals surface area contributed by atoms with Crippen LogP contribution in [-0.2, 0) is 0 Å². The van der Waals surface area contributed by atoms with Crippen LogP contribution < -0.4 is 10.4 Å². The standard InChI is InChI=1S/C14H14O3S/c1-9(8-18)7-16-11-3-4-12-10(2)5-14(15)17-13(12)6-11/h3-6,18H,1,7-8H2,2H3. The molecular weight excluding hydrogens is 248 g/mol. The maximum Gasteiger partial charge on any atom is 0.336 e. The fraction of sp³-hybridized carbons (Fsp3) is 0.214. The van der Waals surface area contributed by atoms with Gasteiger partial charge in [-0.2, -0.15) is 12.6 Å². The molecule has 1 aromatic heterocycles. The summed E-state index contributed by atoms with van der Waals surface area (Å²) < 4.78 is 10.7. The summed E-state index contributed by atoms with van der Waals surface area (Å²) in [6.45, 7) is 6.09. The van der Waals surface area contributed by atoms with E-state index in [9.17, 15) is 4.79 Å². The smallest absolute Gasteiger partial charge is 0.336 e. The molecule has 0 fully saturated rings. The van der Waals surface area contributed by atoms with Crippen LogP contribution in [0.2, 0.25) is 0 Å². The highest BCUT2D eigenvalue weighted by Crippen LogP contribution is 2.22. The molecule has 0 radical (unpaired) electrons. The van der Waals surface area contributed by atoms with E-state index in [1.807, 2.05) is 19.1 Å². The zero-order valence-corrected chi connectivity index (χ0v) is 11.0. The normalized spacial score (nSPS) is 10.6. The van der Waals surface area contributed by atoms with Gasteiger partial charge in [0.25, 0.3) is 0 Å². The minimum absolute atomic E-state index is 0.350. The quantitative estimate of drug-likeness (QED) is 0.523. The van der Waals surface area contributed by atoms with Gasteiger partial charge in [-0.25, -0.2) is 4.79 Å². The van der Waals surface area contributed by atoms with Gasteiger partial charge in [-0.15, -0.1) is 0 Å². The molecule has 94 valence electrons. The van der Waals surface area contributed by atoms with Gasteiger partial charge < -0.3 is 9.15 Å². The highest BCUT2D eigenvalue weighted by molar-refractivity contribution is 7.80. The predicted molar refractivity (Wildman–Crippen MR) is 75.7 cm³/mol. The van der Waals surface area contributed by atoms with Gasteiger partial charge in [-0.3, -0.25) is 0 Å². The molecule has 0 spiro atoms. The van der Waals surface area contributed by atoms with Crippen LogP contribution in [0.15, 0.2) is 45.6 Å². The van der Waals surface area contributed by atoms with Crippen LogP contribution in [0.3, 0.4) is 0 Å². The average Bonchev–Trinajstić information content (AvgIpc) is 2.35. The molecule has 2 aromatic rings. The van der Waals surface area contributed by atoms with Crippen molar-refractivity contribution in [3.63, 3.8) is 0 Å². The van der Waals surface area contributed by atoms with Gasteiger partial charge in [0.15, 0.2) is 0 Å². The molecule has 1 aromatic carbocycles. The number of thiol groups is 1. The summed E-state index contributed by atoms with van der Waals surface area (Å²) in [5, 5.41) is 0.912. The topological polar surface area (TPSA) is 39.4 Å². The largest absolute Gasteiger partial charge is 0.489 e. The number of hydrogen-bond donors (Lipinski definition) is 1. The Hall–Kier alpha value is -1.68. The number of hydrogen-bond acceptors (Lipinski definition) is 4. The first-order valence-corrected chi connectivity index (χ1v) is 6.18. The van der Waals surface area contributed by atoms with Gasteiger partial charge in [0.2, 0.25) is 0 Å². The molecule has 0 unspecified atom stereocenters. The summed E-state index contributed by atoms with van der Waals surface area (Å²) in [6.07, 6.45) is 0. The maximum atomic E-state index is 11.3.